The molecule has 2 aromatic carbocycles. The Morgan fingerprint density at radius 1 is 1.18 bits per heavy atom. The molecule has 1 heterocycles. The molecule has 2 aromatic rings. The van der Waals surface area contributed by atoms with E-state index in [1.165, 1.54) is 0 Å². The molecule has 112 valence electrons. The van der Waals surface area contributed by atoms with Gasteiger partial charge in [0.1, 0.15) is 5.75 Å². The number of ether oxygens (including phenoxy) is 1. The first-order valence-corrected chi connectivity index (χ1v) is 7.56. The monoisotopic (exact) mass is 313 g/mol. The Morgan fingerprint density at radius 2 is 2.00 bits per heavy atom. The number of amides is 1. The average Bonchev–Trinajstić information content (AvgIpc) is 2.55. The molecule has 1 amide bonds. The lowest BCUT2D eigenvalue weighted by molar-refractivity contribution is -0.117. The predicted octanol–water partition coefficient (Wildman–Crippen LogP) is 3.99. The Hall–Kier alpha value is -2.26. The molecule has 0 fully saturated rings. The van der Waals surface area contributed by atoms with Gasteiger partial charge in [0, 0.05) is 18.1 Å². The Bertz CT molecular complexity index is 697. The first-order valence-electron chi connectivity index (χ1n) is 7.19. The summed E-state index contributed by atoms with van der Waals surface area (Å²) in [5.74, 6) is 0.550. The minimum absolute atomic E-state index is 0.0737. The molecule has 1 N–H and O–H groups in total. The summed E-state index contributed by atoms with van der Waals surface area (Å²) in [6, 6.07) is 15.2. The lowest BCUT2D eigenvalue weighted by Crippen LogP contribution is -2.31. The first-order chi connectivity index (χ1) is 10.7. The number of benzene rings is 2. The van der Waals surface area contributed by atoms with E-state index in [1.54, 1.807) is 18.2 Å². The summed E-state index contributed by atoms with van der Waals surface area (Å²) in [6.45, 7) is 0.546. The number of halogens is 1. The van der Waals surface area contributed by atoms with E-state index in [9.17, 15) is 4.79 Å². The number of rotatable bonds is 3. The van der Waals surface area contributed by atoms with Crippen LogP contribution in [0.3, 0.4) is 0 Å². The molecule has 1 unspecified atom stereocenters. The van der Waals surface area contributed by atoms with Gasteiger partial charge in [-0.3, -0.25) is 4.79 Å². The van der Waals surface area contributed by atoms with E-state index in [2.05, 4.69) is 5.32 Å². The molecule has 0 spiro atoms. The number of hydrogen-bond donors (Lipinski definition) is 1. The van der Waals surface area contributed by atoms with Gasteiger partial charge in [-0.2, -0.15) is 0 Å². The summed E-state index contributed by atoms with van der Waals surface area (Å²) in [7, 11) is 0. The van der Waals surface area contributed by atoms with Gasteiger partial charge in [0.2, 0.25) is 5.91 Å². The summed E-state index contributed by atoms with van der Waals surface area (Å²) < 4.78 is 5.59. The van der Waals surface area contributed by atoms with Crippen LogP contribution in [0, 0.1) is 0 Å². The van der Waals surface area contributed by atoms with Crippen molar-refractivity contribution in [2.24, 2.45) is 0 Å². The van der Waals surface area contributed by atoms with Crippen LogP contribution in [0.15, 0.2) is 54.6 Å². The molecule has 1 atom stereocenters. The molecule has 0 saturated heterocycles. The van der Waals surface area contributed by atoms with E-state index in [1.807, 2.05) is 42.5 Å². The summed E-state index contributed by atoms with van der Waals surface area (Å²) in [5.41, 5.74) is 1.92. The second-order valence-corrected chi connectivity index (χ2v) is 5.51. The fourth-order valence-electron chi connectivity index (χ4n) is 2.49. The minimum Gasteiger partial charge on any atom is -0.492 e. The highest BCUT2D eigenvalue weighted by molar-refractivity contribution is 6.32. The molecule has 1 aliphatic heterocycles. The van der Waals surface area contributed by atoms with Gasteiger partial charge in [-0.15, -0.1) is 0 Å². The zero-order valence-corrected chi connectivity index (χ0v) is 12.7. The second kappa shape index (κ2) is 6.67. The summed E-state index contributed by atoms with van der Waals surface area (Å²) in [6.07, 6.45) is 4.08. The van der Waals surface area contributed by atoms with Crippen LogP contribution < -0.4 is 10.1 Å². The zero-order chi connectivity index (χ0) is 15.4. The standard InChI is InChI=1S/C18H16ClNO2/c19-15-8-4-7-14-16(11-12-22-18(14)15)20-17(21)10-9-13-5-2-1-3-6-13/h1-10,16H,11-12H2,(H,20,21)/b10-9+. The number of carbonyl (C=O) groups excluding carboxylic acids is 1. The van der Waals surface area contributed by atoms with Gasteiger partial charge < -0.3 is 10.1 Å². The highest BCUT2D eigenvalue weighted by atomic mass is 35.5. The lowest BCUT2D eigenvalue weighted by atomic mass is 10.0. The van der Waals surface area contributed by atoms with Crippen molar-refractivity contribution in [3.05, 3.63) is 70.8 Å². The smallest absolute Gasteiger partial charge is 0.244 e. The Balaban J connectivity index is 1.71. The molecule has 1 aliphatic rings. The van der Waals surface area contributed by atoms with Crippen molar-refractivity contribution in [1.29, 1.82) is 0 Å². The van der Waals surface area contributed by atoms with Crippen LogP contribution in [0.4, 0.5) is 0 Å². The molecule has 0 saturated carbocycles. The van der Waals surface area contributed by atoms with Gasteiger partial charge in [0.15, 0.2) is 0 Å². The average molecular weight is 314 g/mol. The van der Waals surface area contributed by atoms with Crippen LogP contribution in [0.1, 0.15) is 23.6 Å². The molecule has 3 nitrogen and oxygen atoms in total. The van der Waals surface area contributed by atoms with Crippen LogP contribution in [-0.4, -0.2) is 12.5 Å². The summed E-state index contributed by atoms with van der Waals surface area (Å²) >= 11 is 6.13. The van der Waals surface area contributed by atoms with Crippen molar-refractivity contribution >= 4 is 23.6 Å². The molecule has 0 radical (unpaired) electrons. The molecule has 0 bridgehead atoms. The third kappa shape index (κ3) is 3.31. The maximum absolute atomic E-state index is 12.1. The van der Waals surface area contributed by atoms with E-state index in [0.29, 0.717) is 17.4 Å². The third-order valence-corrected chi connectivity index (χ3v) is 3.87. The van der Waals surface area contributed by atoms with Crippen LogP contribution in [0.2, 0.25) is 5.02 Å². The maximum Gasteiger partial charge on any atom is 0.244 e. The SMILES string of the molecule is O=C(/C=C/c1ccccc1)NC1CCOc2c(Cl)cccc21. The minimum atomic E-state index is -0.123. The largest absolute Gasteiger partial charge is 0.492 e. The quantitative estimate of drug-likeness (QED) is 0.870. The van der Waals surface area contributed by atoms with Gasteiger partial charge >= 0.3 is 0 Å². The second-order valence-electron chi connectivity index (χ2n) is 5.10. The van der Waals surface area contributed by atoms with E-state index >= 15 is 0 Å². The zero-order valence-electron chi connectivity index (χ0n) is 12.0. The molecule has 3 rings (SSSR count). The molecule has 0 aromatic heterocycles. The van der Waals surface area contributed by atoms with Crippen molar-refractivity contribution in [3.63, 3.8) is 0 Å². The predicted molar refractivity (Wildman–Crippen MR) is 87.9 cm³/mol. The van der Waals surface area contributed by atoms with Crippen molar-refractivity contribution in [3.8, 4) is 5.75 Å². The Morgan fingerprint density at radius 3 is 2.82 bits per heavy atom. The summed E-state index contributed by atoms with van der Waals surface area (Å²) in [4.78, 5) is 12.1. The number of hydrogen-bond acceptors (Lipinski definition) is 2. The molecule has 0 aliphatic carbocycles. The Kier molecular flexibility index (Phi) is 4.45. The Labute approximate surface area is 134 Å². The highest BCUT2D eigenvalue weighted by Gasteiger charge is 2.23. The van der Waals surface area contributed by atoms with Crippen LogP contribution >= 0.6 is 11.6 Å². The lowest BCUT2D eigenvalue weighted by Gasteiger charge is -2.26. The number of fused-ring (bicyclic) bond motifs is 1. The normalized spacial score (nSPS) is 16.9. The summed E-state index contributed by atoms with van der Waals surface area (Å²) in [5, 5.41) is 3.59. The van der Waals surface area contributed by atoms with Gasteiger partial charge in [0.25, 0.3) is 0 Å². The fourth-order valence-corrected chi connectivity index (χ4v) is 2.73. The number of nitrogens with one attached hydrogen (secondary N) is 1. The van der Waals surface area contributed by atoms with Crippen molar-refractivity contribution in [2.45, 2.75) is 12.5 Å². The molecular weight excluding hydrogens is 298 g/mol. The fraction of sp³-hybridized carbons (Fsp3) is 0.167. The van der Waals surface area contributed by atoms with Gasteiger partial charge in [-0.05, 0) is 17.7 Å². The molecular formula is C18H16ClNO2. The first kappa shape index (κ1) is 14.7. The molecule has 22 heavy (non-hydrogen) atoms. The van der Waals surface area contributed by atoms with Gasteiger partial charge in [0.05, 0.1) is 17.7 Å². The van der Waals surface area contributed by atoms with E-state index in [4.69, 9.17) is 16.3 Å². The van der Waals surface area contributed by atoms with Gasteiger partial charge in [-0.25, -0.2) is 0 Å². The number of carbonyl (C=O) groups is 1. The third-order valence-electron chi connectivity index (χ3n) is 3.57. The van der Waals surface area contributed by atoms with E-state index in [0.717, 1.165) is 17.5 Å². The van der Waals surface area contributed by atoms with Crippen LogP contribution in [-0.2, 0) is 4.79 Å². The van der Waals surface area contributed by atoms with Crippen molar-refractivity contribution < 1.29 is 9.53 Å². The van der Waals surface area contributed by atoms with E-state index < -0.39 is 0 Å². The van der Waals surface area contributed by atoms with Crippen molar-refractivity contribution in [1.82, 2.24) is 5.32 Å². The van der Waals surface area contributed by atoms with Crippen molar-refractivity contribution in [2.75, 3.05) is 6.61 Å². The maximum atomic E-state index is 12.1. The topological polar surface area (TPSA) is 38.3 Å². The molecule has 4 heteroatoms. The highest BCUT2D eigenvalue weighted by Crippen LogP contribution is 2.37. The van der Waals surface area contributed by atoms with Crippen LogP contribution in [0.5, 0.6) is 5.75 Å². The van der Waals surface area contributed by atoms with Crippen LogP contribution in [0.25, 0.3) is 6.08 Å². The van der Waals surface area contributed by atoms with Gasteiger partial charge in [-0.1, -0.05) is 54.1 Å². The van der Waals surface area contributed by atoms with E-state index in [-0.39, 0.29) is 11.9 Å². The number of para-hydroxylation sites is 1.